The highest BCUT2D eigenvalue weighted by atomic mass is 32.2. The number of hydrogen-bond acceptors (Lipinski definition) is 3. The van der Waals surface area contributed by atoms with Gasteiger partial charge in [-0.25, -0.2) is 8.42 Å². The van der Waals surface area contributed by atoms with E-state index >= 15 is 0 Å². The fraction of sp³-hybridized carbons (Fsp3) is 0.211. The molecule has 2 N–H and O–H groups in total. The summed E-state index contributed by atoms with van der Waals surface area (Å²) in [7, 11) is -3.68. The molecule has 25 heavy (non-hydrogen) atoms. The van der Waals surface area contributed by atoms with Gasteiger partial charge in [-0.2, -0.15) is 0 Å². The molecule has 132 valence electrons. The fourth-order valence-electron chi connectivity index (χ4n) is 2.18. The molecule has 0 bridgehead atoms. The molecule has 6 heteroatoms. The van der Waals surface area contributed by atoms with Gasteiger partial charge >= 0.3 is 0 Å². The molecular formula is C19H22N2O3S. The summed E-state index contributed by atoms with van der Waals surface area (Å²) in [5.41, 5.74) is 4.04. The summed E-state index contributed by atoms with van der Waals surface area (Å²) in [5.74, 6) is -0.246. The molecule has 0 radical (unpaired) electrons. The number of amides is 1. The van der Waals surface area contributed by atoms with Crippen molar-refractivity contribution in [1.82, 2.24) is 0 Å². The first-order valence-electron chi connectivity index (χ1n) is 7.83. The van der Waals surface area contributed by atoms with Gasteiger partial charge in [-0.15, -0.1) is 0 Å². The second kappa shape index (κ2) is 7.53. The Balaban J connectivity index is 2.15. The zero-order valence-corrected chi connectivity index (χ0v) is 15.6. The number of nitrogens with one attached hydrogen (secondary N) is 2. The van der Waals surface area contributed by atoms with E-state index in [-0.39, 0.29) is 10.8 Å². The van der Waals surface area contributed by atoms with Crippen molar-refractivity contribution in [3.63, 3.8) is 0 Å². The van der Waals surface area contributed by atoms with Crippen molar-refractivity contribution in [2.75, 3.05) is 10.0 Å². The molecule has 0 saturated heterocycles. The van der Waals surface area contributed by atoms with Crippen LogP contribution in [0.2, 0.25) is 0 Å². The summed E-state index contributed by atoms with van der Waals surface area (Å²) in [6.45, 7) is 7.55. The van der Waals surface area contributed by atoms with Crippen LogP contribution in [0.15, 0.2) is 59.0 Å². The van der Waals surface area contributed by atoms with E-state index in [2.05, 4.69) is 10.0 Å². The Bertz CT molecular complexity index is 910. The van der Waals surface area contributed by atoms with E-state index in [1.807, 2.05) is 33.8 Å². The highest BCUT2D eigenvalue weighted by molar-refractivity contribution is 7.92. The molecule has 0 aliphatic heterocycles. The Hall–Kier alpha value is -2.60. The minimum Gasteiger partial charge on any atom is -0.323 e. The first-order valence-corrected chi connectivity index (χ1v) is 9.32. The lowest BCUT2D eigenvalue weighted by Gasteiger charge is -2.10. The third kappa shape index (κ3) is 5.19. The molecule has 0 aliphatic rings. The number of carbonyl (C=O) groups is 1. The molecule has 0 aromatic heterocycles. The van der Waals surface area contributed by atoms with Crippen LogP contribution >= 0.6 is 0 Å². The Labute approximate surface area is 148 Å². The SMILES string of the molecule is CC(C)=CC(=O)Nc1ccc(S(=O)(=O)Nc2ccc(C)c(C)c2)cc1. The third-order valence-electron chi connectivity index (χ3n) is 3.61. The minimum absolute atomic E-state index is 0.131. The molecular weight excluding hydrogens is 336 g/mol. The summed E-state index contributed by atoms with van der Waals surface area (Å²) >= 11 is 0. The van der Waals surface area contributed by atoms with E-state index in [0.717, 1.165) is 16.7 Å². The lowest BCUT2D eigenvalue weighted by atomic mass is 10.1. The normalized spacial score (nSPS) is 10.9. The molecule has 2 aromatic carbocycles. The van der Waals surface area contributed by atoms with Crippen molar-refractivity contribution in [1.29, 1.82) is 0 Å². The lowest BCUT2D eigenvalue weighted by Crippen LogP contribution is -2.13. The number of allylic oxidation sites excluding steroid dienone is 1. The van der Waals surface area contributed by atoms with E-state index < -0.39 is 10.0 Å². The Morgan fingerprint density at radius 1 is 0.920 bits per heavy atom. The topological polar surface area (TPSA) is 75.3 Å². The lowest BCUT2D eigenvalue weighted by molar-refractivity contribution is -0.111. The van der Waals surface area contributed by atoms with Crippen molar-refractivity contribution < 1.29 is 13.2 Å². The number of hydrogen-bond donors (Lipinski definition) is 2. The Morgan fingerprint density at radius 2 is 1.52 bits per heavy atom. The second-order valence-electron chi connectivity index (χ2n) is 6.14. The summed E-state index contributed by atoms with van der Waals surface area (Å²) < 4.78 is 27.5. The van der Waals surface area contributed by atoms with Crippen molar-refractivity contribution in [2.24, 2.45) is 0 Å². The summed E-state index contributed by atoms with van der Waals surface area (Å²) in [4.78, 5) is 11.8. The maximum atomic E-state index is 12.5. The van der Waals surface area contributed by atoms with Crippen LogP contribution in [0.5, 0.6) is 0 Å². The number of aryl methyl sites for hydroxylation is 2. The molecule has 0 spiro atoms. The third-order valence-corrected chi connectivity index (χ3v) is 5.01. The molecule has 0 aliphatic carbocycles. The maximum absolute atomic E-state index is 12.5. The van der Waals surface area contributed by atoms with Crippen molar-refractivity contribution in [3.8, 4) is 0 Å². The fourth-order valence-corrected chi connectivity index (χ4v) is 3.23. The second-order valence-corrected chi connectivity index (χ2v) is 7.82. The van der Waals surface area contributed by atoms with Crippen molar-refractivity contribution in [2.45, 2.75) is 32.6 Å². The number of benzene rings is 2. The Morgan fingerprint density at radius 3 is 2.08 bits per heavy atom. The number of anilines is 2. The van der Waals surface area contributed by atoms with E-state index in [1.54, 1.807) is 24.3 Å². The van der Waals surface area contributed by atoms with Crippen LogP contribution in [0.1, 0.15) is 25.0 Å². The zero-order chi connectivity index (χ0) is 18.6. The van der Waals surface area contributed by atoms with Gasteiger partial charge in [-0.05, 0) is 75.2 Å². The largest absolute Gasteiger partial charge is 0.323 e. The summed E-state index contributed by atoms with van der Waals surface area (Å²) in [5, 5.41) is 2.68. The minimum atomic E-state index is -3.68. The highest BCUT2D eigenvalue weighted by Crippen LogP contribution is 2.20. The molecule has 0 saturated carbocycles. The molecule has 2 aromatic rings. The van der Waals surface area contributed by atoms with Crippen molar-refractivity contribution in [3.05, 3.63) is 65.2 Å². The van der Waals surface area contributed by atoms with Gasteiger partial charge in [0.2, 0.25) is 5.91 Å². The average molecular weight is 358 g/mol. The van der Waals surface area contributed by atoms with Gasteiger partial charge in [0, 0.05) is 17.5 Å². The first kappa shape index (κ1) is 18.7. The monoisotopic (exact) mass is 358 g/mol. The Kier molecular flexibility index (Phi) is 5.64. The predicted octanol–water partition coefficient (Wildman–Crippen LogP) is 4.01. The van der Waals surface area contributed by atoms with Crippen LogP contribution in [0.3, 0.4) is 0 Å². The molecule has 1 amide bonds. The van der Waals surface area contributed by atoms with Gasteiger partial charge in [0.1, 0.15) is 0 Å². The van der Waals surface area contributed by atoms with Gasteiger partial charge in [0.05, 0.1) is 4.90 Å². The van der Waals surface area contributed by atoms with Crippen LogP contribution < -0.4 is 10.0 Å². The maximum Gasteiger partial charge on any atom is 0.261 e. The molecule has 0 fully saturated rings. The van der Waals surface area contributed by atoms with Crippen LogP contribution in [0.4, 0.5) is 11.4 Å². The highest BCUT2D eigenvalue weighted by Gasteiger charge is 2.14. The van der Waals surface area contributed by atoms with Gasteiger partial charge < -0.3 is 5.32 Å². The first-order chi connectivity index (χ1) is 11.7. The van der Waals surface area contributed by atoms with Gasteiger partial charge in [0.25, 0.3) is 10.0 Å². The molecule has 0 unspecified atom stereocenters. The summed E-state index contributed by atoms with van der Waals surface area (Å²) in [6.07, 6.45) is 1.48. The number of rotatable bonds is 5. The van der Waals surface area contributed by atoms with E-state index in [0.29, 0.717) is 11.4 Å². The van der Waals surface area contributed by atoms with Gasteiger partial charge in [-0.3, -0.25) is 9.52 Å². The van der Waals surface area contributed by atoms with Crippen LogP contribution in [0.25, 0.3) is 0 Å². The van der Waals surface area contributed by atoms with Crippen LogP contribution in [-0.2, 0) is 14.8 Å². The standard InChI is InChI=1S/C19H22N2O3S/c1-13(2)11-19(22)20-16-7-9-18(10-8-16)25(23,24)21-17-6-5-14(3)15(4)12-17/h5-12,21H,1-4H3,(H,20,22). The van der Waals surface area contributed by atoms with E-state index in [9.17, 15) is 13.2 Å². The number of sulfonamides is 1. The smallest absolute Gasteiger partial charge is 0.261 e. The number of carbonyl (C=O) groups excluding carboxylic acids is 1. The van der Waals surface area contributed by atoms with Crippen LogP contribution in [0, 0.1) is 13.8 Å². The molecule has 0 heterocycles. The van der Waals surface area contributed by atoms with Gasteiger partial charge in [-0.1, -0.05) is 11.6 Å². The zero-order valence-electron chi connectivity index (χ0n) is 14.8. The van der Waals surface area contributed by atoms with Gasteiger partial charge in [0.15, 0.2) is 0 Å². The van der Waals surface area contributed by atoms with E-state index in [1.165, 1.54) is 18.2 Å². The molecule has 0 atom stereocenters. The van der Waals surface area contributed by atoms with E-state index in [4.69, 9.17) is 0 Å². The van der Waals surface area contributed by atoms with Crippen molar-refractivity contribution >= 4 is 27.3 Å². The predicted molar refractivity (Wildman–Crippen MR) is 101 cm³/mol. The van der Waals surface area contributed by atoms with Crippen LogP contribution in [-0.4, -0.2) is 14.3 Å². The summed E-state index contributed by atoms with van der Waals surface area (Å²) in [6, 6.07) is 11.4. The average Bonchev–Trinajstić information content (AvgIpc) is 2.50. The molecule has 2 rings (SSSR count). The molecule has 5 nitrogen and oxygen atoms in total. The quantitative estimate of drug-likeness (QED) is 0.793.